The molecule has 0 saturated heterocycles. The van der Waals surface area contributed by atoms with Crippen LogP contribution in [0.3, 0.4) is 0 Å². The van der Waals surface area contributed by atoms with Gasteiger partial charge in [-0.15, -0.1) is 0 Å². The van der Waals surface area contributed by atoms with Gasteiger partial charge in [0.2, 0.25) is 10.9 Å². The van der Waals surface area contributed by atoms with E-state index in [0.29, 0.717) is 16.6 Å². The quantitative estimate of drug-likeness (QED) is 0.611. The van der Waals surface area contributed by atoms with Crippen LogP contribution in [0.5, 0.6) is 0 Å². The van der Waals surface area contributed by atoms with Gasteiger partial charge in [0.1, 0.15) is 5.82 Å². The number of carboxylic acids is 1. The number of ketones is 1. The van der Waals surface area contributed by atoms with E-state index in [4.69, 9.17) is 0 Å². The van der Waals surface area contributed by atoms with E-state index < -0.39 is 57.0 Å². The fourth-order valence-corrected chi connectivity index (χ4v) is 4.91. The van der Waals surface area contributed by atoms with Crippen LogP contribution in [-0.4, -0.2) is 46.5 Å². The molecule has 1 fully saturated rings. The van der Waals surface area contributed by atoms with Gasteiger partial charge in [0, 0.05) is 18.5 Å². The van der Waals surface area contributed by atoms with E-state index in [9.17, 15) is 41.4 Å². The Kier molecular flexibility index (Phi) is 4.98. The third-order valence-electron chi connectivity index (χ3n) is 5.43. The minimum atomic E-state index is -4.66. The maximum absolute atomic E-state index is 12.8. The predicted molar refractivity (Wildman–Crippen MR) is 93.5 cm³/mol. The highest BCUT2D eigenvalue weighted by atomic mass is 32.2. The number of carboxylic acid groups (broad SMARTS) is 1. The van der Waals surface area contributed by atoms with Crippen molar-refractivity contribution in [1.82, 2.24) is 4.98 Å². The Labute approximate surface area is 164 Å². The lowest BCUT2D eigenvalue weighted by Crippen LogP contribution is -2.56. The third-order valence-corrected chi connectivity index (χ3v) is 6.42. The van der Waals surface area contributed by atoms with E-state index in [1.54, 1.807) is 0 Å². The minimum Gasteiger partial charge on any atom is -0.478 e. The zero-order chi connectivity index (χ0) is 21.8. The number of rotatable bonds is 4. The smallest absolute Gasteiger partial charge is 0.417 e. The van der Waals surface area contributed by atoms with Crippen molar-refractivity contribution in [3.05, 3.63) is 35.5 Å². The first-order valence-electron chi connectivity index (χ1n) is 8.51. The van der Waals surface area contributed by atoms with Crippen LogP contribution in [0.4, 0.5) is 19.0 Å². The molecular formula is C17H17F3N2O6S. The minimum absolute atomic E-state index is 0.0656. The number of hydrogen-bond acceptors (Lipinski definition) is 6. The van der Waals surface area contributed by atoms with E-state index in [1.807, 2.05) is 0 Å². The SMILES string of the molecule is C[C@]1(N(c2ccc(C(F)(F)F)cn2)[SH](=O)=O)C=C(C(=O)O)[C@]2(O)C(=O)CC[C@@H]2C1. The lowest BCUT2D eigenvalue weighted by molar-refractivity contribution is -0.143. The highest BCUT2D eigenvalue weighted by Crippen LogP contribution is 2.49. The summed E-state index contributed by atoms with van der Waals surface area (Å²) in [5.41, 5.74) is -5.50. The summed E-state index contributed by atoms with van der Waals surface area (Å²) in [5, 5.41) is 20.3. The molecule has 8 nitrogen and oxygen atoms in total. The summed E-state index contributed by atoms with van der Waals surface area (Å²) < 4.78 is 63.0. The molecule has 2 N–H and O–H groups in total. The van der Waals surface area contributed by atoms with Crippen LogP contribution >= 0.6 is 0 Å². The van der Waals surface area contributed by atoms with Crippen LogP contribution in [0.1, 0.15) is 31.7 Å². The second kappa shape index (κ2) is 6.80. The van der Waals surface area contributed by atoms with E-state index in [-0.39, 0.29) is 25.1 Å². The number of aliphatic carboxylic acids is 1. The summed E-state index contributed by atoms with van der Waals surface area (Å²) in [6.45, 7) is 1.36. The van der Waals surface area contributed by atoms with Gasteiger partial charge in [-0.05, 0) is 38.0 Å². The number of nitrogens with zero attached hydrogens (tertiary/aromatic N) is 2. The standard InChI is InChI=1S/C17H17F3N2O6S/c1-15(6-9-2-4-12(23)16(9,26)11(7-15)14(24)25)22(29(27)28)13-5-3-10(8-21-13)17(18,19)20/h3,5,7-9,26,29H,2,4,6H2,1H3,(H,24,25)/t9-,15-,16+/m1/s1. The summed E-state index contributed by atoms with van der Waals surface area (Å²) in [4.78, 5) is 27.5. The largest absolute Gasteiger partial charge is 0.478 e. The first-order valence-corrected chi connectivity index (χ1v) is 9.64. The number of fused-ring (bicyclic) bond motifs is 1. The summed E-state index contributed by atoms with van der Waals surface area (Å²) in [5.74, 6) is -3.44. The summed E-state index contributed by atoms with van der Waals surface area (Å²) in [7, 11) is -3.45. The van der Waals surface area contributed by atoms with Crippen molar-refractivity contribution in [2.24, 2.45) is 5.92 Å². The molecule has 1 aromatic rings. The molecule has 1 aromatic heterocycles. The van der Waals surface area contributed by atoms with E-state index in [1.165, 1.54) is 6.92 Å². The Morgan fingerprint density at radius 3 is 2.48 bits per heavy atom. The van der Waals surface area contributed by atoms with Crippen LogP contribution in [-0.2, 0) is 26.7 Å². The monoisotopic (exact) mass is 434 g/mol. The van der Waals surface area contributed by atoms with Gasteiger partial charge >= 0.3 is 12.1 Å². The molecule has 0 aliphatic heterocycles. The molecule has 158 valence electrons. The first-order chi connectivity index (χ1) is 13.3. The van der Waals surface area contributed by atoms with Crippen LogP contribution in [0.15, 0.2) is 30.0 Å². The van der Waals surface area contributed by atoms with Gasteiger partial charge in [0.05, 0.1) is 16.7 Å². The molecule has 0 bridgehead atoms. The fraction of sp³-hybridized carbons (Fsp3) is 0.471. The third kappa shape index (κ3) is 3.39. The second-order valence-electron chi connectivity index (χ2n) is 7.30. The number of pyridine rings is 1. The first kappa shape index (κ1) is 21.2. The molecule has 0 unspecified atom stereocenters. The van der Waals surface area contributed by atoms with Gasteiger partial charge in [-0.25, -0.2) is 22.5 Å². The maximum atomic E-state index is 12.8. The van der Waals surface area contributed by atoms with Crippen LogP contribution in [0.2, 0.25) is 0 Å². The Morgan fingerprint density at radius 1 is 1.34 bits per heavy atom. The number of carbonyl (C=O) groups is 2. The molecule has 1 heterocycles. The average Bonchev–Trinajstić information content (AvgIpc) is 2.89. The number of aliphatic hydroxyl groups is 1. The molecule has 1 saturated carbocycles. The van der Waals surface area contributed by atoms with E-state index in [2.05, 4.69) is 4.98 Å². The molecule has 2 aliphatic rings. The van der Waals surface area contributed by atoms with Crippen LogP contribution in [0.25, 0.3) is 0 Å². The highest BCUT2D eigenvalue weighted by Gasteiger charge is 2.59. The summed E-state index contributed by atoms with van der Waals surface area (Å²) >= 11 is 0. The van der Waals surface area contributed by atoms with E-state index >= 15 is 0 Å². The molecular weight excluding hydrogens is 417 g/mol. The zero-order valence-electron chi connectivity index (χ0n) is 15.0. The molecule has 3 atom stereocenters. The lowest BCUT2D eigenvalue weighted by atomic mass is 9.69. The Bertz CT molecular complexity index is 966. The molecule has 0 radical (unpaired) electrons. The number of thiol groups is 1. The highest BCUT2D eigenvalue weighted by molar-refractivity contribution is 7.74. The van der Waals surface area contributed by atoms with Crippen molar-refractivity contribution in [1.29, 1.82) is 0 Å². The van der Waals surface area contributed by atoms with Gasteiger partial charge < -0.3 is 10.2 Å². The number of halogens is 3. The van der Waals surface area contributed by atoms with Crippen LogP contribution in [0, 0.1) is 5.92 Å². The average molecular weight is 434 g/mol. The number of Topliss-reactive ketones (excluding diaryl/α,β-unsaturated/α-hetero) is 1. The topological polar surface area (TPSA) is 125 Å². The van der Waals surface area contributed by atoms with Crippen molar-refractivity contribution in [2.45, 2.75) is 43.5 Å². The molecule has 29 heavy (non-hydrogen) atoms. The number of anilines is 1. The number of aromatic nitrogens is 1. The number of carbonyl (C=O) groups excluding carboxylic acids is 1. The molecule has 3 rings (SSSR count). The van der Waals surface area contributed by atoms with Gasteiger partial charge in [0.15, 0.2) is 11.4 Å². The van der Waals surface area contributed by atoms with Crippen molar-refractivity contribution < 1.29 is 41.4 Å². The zero-order valence-corrected chi connectivity index (χ0v) is 15.9. The van der Waals surface area contributed by atoms with Crippen molar-refractivity contribution in [3.8, 4) is 0 Å². The Hall–Kier alpha value is -2.47. The number of alkyl halides is 3. The second-order valence-corrected chi connectivity index (χ2v) is 8.18. The molecule has 0 aromatic carbocycles. The number of hydrogen-bond donors (Lipinski definition) is 3. The summed E-state index contributed by atoms with van der Waals surface area (Å²) in [6.07, 6.45) is -3.24. The maximum Gasteiger partial charge on any atom is 0.417 e. The van der Waals surface area contributed by atoms with Crippen molar-refractivity contribution in [2.75, 3.05) is 4.31 Å². The molecule has 0 amide bonds. The Balaban J connectivity index is 2.12. The van der Waals surface area contributed by atoms with Crippen molar-refractivity contribution in [3.63, 3.8) is 0 Å². The Morgan fingerprint density at radius 2 is 2.00 bits per heavy atom. The van der Waals surface area contributed by atoms with E-state index in [0.717, 1.165) is 12.1 Å². The van der Waals surface area contributed by atoms with Gasteiger partial charge in [-0.2, -0.15) is 13.2 Å². The predicted octanol–water partition coefficient (Wildman–Crippen LogP) is 1.32. The normalized spacial score (nSPS) is 29.5. The molecule has 12 heteroatoms. The molecule has 2 aliphatic carbocycles. The van der Waals surface area contributed by atoms with Crippen LogP contribution < -0.4 is 4.31 Å². The van der Waals surface area contributed by atoms with Gasteiger partial charge in [0.25, 0.3) is 0 Å². The molecule has 0 spiro atoms. The lowest BCUT2D eigenvalue weighted by Gasteiger charge is -2.45. The van der Waals surface area contributed by atoms with Crippen molar-refractivity contribution >= 4 is 28.5 Å². The fourth-order valence-electron chi connectivity index (χ4n) is 4.11. The van der Waals surface area contributed by atoms with Gasteiger partial charge in [-0.1, -0.05) is 0 Å². The summed E-state index contributed by atoms with van der Waals surface area (Å²) in [6, 6.07) is 1.53. The van der Waals surface area contributed by atoms with Gasteiger partial charge in [-0.3, -0.25) is 4.79 Å².